The van der Waals surface area contributed by atoms with Crippen molar-refractivity contribution < 1.29 is 4.92 Å². The maximum absolute atomic E-state index is 10.9. The number of nitriles is 1. The lowest BCUT2D eigenvalue weighted by Crippen LogP contribution is -1.94. The summed E-state index contributed by atoms with van der Waals surface area (Å²) in [6, 6.07) is 7.23. The Labute approximate surface area is 89.5 Å². The fourth-order valence-corrected chi connectivity index (χ4v) is 2.43. The van der Waals surface area contributed by atoms with Crippen molar-refractivity contribution in [3.63, 3.8) is 0 Å². The van der Waals surface area contributed by atoms with Crippen LogP contribution in [-0.2, 0) is 6.42 Å². The number of nitro benzene ring substituents is 1. The van der Waals surface area contributed by atoms with Crippen LogP contribution in [0.3, 0.4) is 0 Å². The summed E-state index contributed by atoms with van der Waals surface area (Å²) in [5, 5.41) is 22.2. The van der Waals surface area contributed by atoms with Crippen molar-refractivity contribution in [3.8, 4) is 6.07 Å². The number of benzene rings is 1. The predicted molar refractivity (Wildman–Crippen MR) is 57.8 cm³/mol. The van der Waals surface area contributed by atoms with E-state index in [1.54, 1.807) is 6.07 Å². The Morgan fingerprint density at radius 3 is 2.93 bits per heavy atom. The lowest BCUT2D eigenvalue weighted by Gasteiger charge is -1.99. The van der Waals surface area contributed by atoms with Crippen molar-refractivity contribution in [2.24, 2.45) is 0 Å². The Kier molecular flexibility index (Phi) is 2.35. The molecule has 2 aromatic rings. The molecule has 0 N–H and O–H groups in total. The molecule has 0 radical (unpaired) electrons. The molecule has 0 spiro atoms. The first-order valence-electron chi connectivity index (χ1n) is 4.24. The van der Waals surface area contributed by atoms with E-state index in [2.05, 4.69) is 0 Å². The van der Waals surface area contributed by atoms with Gasteiger partial charge in [0.1, 0.15) is 4.70 Å². The van der Waals surface area contributed by atoms with Crippen LogP contribution in [-0.4, -0.2) is 4.92 Å². The molecule has 0 saturated heterocycles. The van der Waals surface area contributed by atoms with Crippen molar-refractivity contribution in [2.45, 2.75) is 6.42 Å². The number of rotatable bonds is 2. The highest BCUT2D eigenvalue weighted by Crippen LogP contribution is 2.33. The second-order valence-electron chi connectivity index (χ2n) is 3.00. The number of nitrogens with zero attached hydrogens (tertiary/aromatic N) is 2. The fraction of sp³-hybridized carbons (Fsp3) is 0.100. The Hall–Kier alpha value is -1.93. The molecule has 0 aliphatic heterocycles. The first-order chi connectivity index (χ1) is 7.24. The third-order valence-corrected chi connectivity index (χ3v) is 3.07. The molecule has 0 unspecified atom stereocenters. The quantitative estimate of drug-likeness (QED) is 0.575. The SMILES string of the molecule is N#CCc1ccc2ccsc2c1[N+](=O)[O-]. The molecule has 74 valence electrons. The average Bonchev–Trinajstić information content (AvgIpc) is 2.64. The molecule has 4 nitrogen and oxygen atoms in total. The molecule has 0 amide bonds. The summed E-state index contributed by atoms with van der Waals surface area (Å²) in [7, 11) is 0. The van der Waals surface area contributed by atoms with Crippen molar-refractivity contribution in [3.05, 3.63) is 39.3 Å². The molecule has 15 heavy (non-hydrogen) atoms. The van der Waals surface area contributed by atoms with Gasteiger partial charge < -0.3 is 0 Å². The van der Waals surface area contributed by atoms with Gasteiger partial charge in [-0.15, -0.1) is 11.3 Å². The molecule has 0 bridgehead atoms. The summed E-state index contributed by atoms with van der Waals surface area (Å²) in [6.07, 6.45) is 0.0736. The van der Waals surface area contributed by atoms with Gasteiger partial charge in [-0.2, -0.15) is 5.26 Å². The van der Waals surface area contributed by atoms with E-state index in [1.807, 2.05) is 23.6 Å². The van der Waals surface area contributed by atoms with E-state index in [9.17, 15) is 10.1 Å². The summed E-state index contributed by atoms with van der Waals surface area (Å²) in [6.45, 7) is 0. The predicted octanol–water partition coefficient (Wildman–Crippen LogP) is 2.88. The zero-order valence-corrected chi connectivity index (χ0v) is 8.45. The third kappa shape index (κ3) is 1.55. The highest BCUT2D eigenvalue weighted by molar-refractivity contribution is 7.17. The zero-order valence-electron chi connectivity index (χ0n) is 7.64. The summed E-state index contributed by atoms with van der Waals surface area (Å²) >= 11 is 1.33. The van der Waals surface area contributed by atoms with Gasteiger partial charge in [-0.25, -0.2) is 0 Å². The number of hydrogen-bond acceptors (Lipinski definition) is 4. The number of nitro groups is 1. The standard InChI is InChI=1S/C10H6N2O2S/c11-5-3-7-1-2-8-4-6-15-10(8)9(7)12(13)14/h1-2,4,6H,3H2. The minimum Gasteiger partial charge on any atom is -0.258 e. The van der Waals surface area contributed by atoms with Crippen LogP contribution in [0.4, 0.5) is 5.69 Å². The minimum atomic E-state index is -0.411. The maximum atomic E-state index is 10.9. The summed E-state index contributed by atoms with van der Waals surface area (Å²) in [4.78, 5) is 10.5. The number of thiophene rings is 1. The summed E-state index contributed by atoms with van der Waals surface area (Å²) in [5.74, 6) is 0. The fourth-order valence-electron chi connectivity index (χ4n) is 1.49. The second-order valence-corrected chi connectivity index (χ2v) is 3.92. The van der Waals surface area contributed by atoms with Crippen LogP contribution in [0.2, 0.25) is 0 Å². The smallest absolute Gasteiger partial charge is 0.258 e. The van der Waals surface area contributed by atoms with Gasteiger partial charge >= 0.3 is 0 Å². The van der Waals surface area contributed by atoms with Crippen LogP contribution in [0, 0.1) is 21.4 Å². The van der Waals surface area contributed by atoms with Crippen molar-refractivity contribution in [1.29, 1.82) is 5.26 Å². The molecule has 1 aromatic carbocycles. The summed E-state index contributed by atoms with van der Waals surface area (Å²) < 4.78 is 0.646. The Morgan fingerprint density at radius 1 is 1.47 bits per heavy atom. The summed E-state index contributed by atoms with van der Waals surface area (Å²) in [5.41, 5.74) is 0.557. The van der Waals surface area contributed by atoms with Crippen LogP contribution < -0.4 is 0 Å². The van der Waals surface area contributed by atoms with E-state index in [-0.39, 0.29) is 12.1 Å². The average molecular weight is 218 g/mol. The molecule has 0 aliphatic carbocycles. The third-order valence-electron chi connectivity index (χ3n) is 2.13. The largest absolute Gasteiger partial charge is 0.291 e. The van der Waals surface area contributed by atoms with Gasteiger partial charge in [0.05, 0.1) is 17.4 Å². The molecule has 0 atom stereocenters. The van der Waals surface area contributed by atoms with Crippen LogP contribution >= 0.6 is 11.3 Å². The van der Waals surface area contributed by atoms with E-state index in [4.69, 9.17) is 5.26 Å². The first-order valence-corrected chi connectivity index (χ1v) is 5.12. The Bertz CT molecular complexity index is 568. The molecule has 2 rings (SSSR count). The van der Waals surface area contributed by atoms with E-state index in [0.717, 1.165) is 5.39 Å². The highest BCUT2D eigenvalue weighted by Gasteiger charge is 2.18. The van der Waals surface area contributed by atoms with E-state index < -0.39 is 4.92 Å². The molecular formula is C10H6N2O2S. The molecular weight excluding hydrogens is 212 g/mol. The van der Waals surface area contributed by atoms with Gasteiger partial charge in [0.25, 0.3) is 5.69 Å². The van der Waals surface area contributed by atoms with Gasteiger partial charge in [0, 0.05) is 5.56 Å². The van der Waals surface area contributed by atoms with Crippen molar-refractivity contribution in [2.75, 3.05) is 0 Å². The van der Waals surface area contributed by atoms with Crippen LogP contribution in [0.5, 0.6) is 0 Å². The van der Waals surface area contributed by atoms with Gasteiger partial charge in [0.2, 0.25) is 0 Å². The van der Waals surface area contributed by atoms with E-state index in [1.165, 1.54) is 11.3 Å². The van der Waals surface area contributed by atoms with Gasteiger partial charge in [-0.3, -0.25) is 10.1 Å². The first kappa shape index (κ1) is 9.62. The molecule has 0 fully saturated rings. The molecule has 0 saturated carbocycles. The minimum absolute atomic E-state index is 0.0732. The van der Waals surface area contributed by atoms with E-state index >= 15 is 0 Å². The number of hydrogen-bond donors (Lipinski definition) is 0. The monoisotopic (exact) mass is 218 g/mol. The Balaban J connectivity index is 2.76. The van der Waals surface area contributed by atoms with Gasteiger partial charge in [-0.05, 0) is 16.8 Å². The lowest BCUT2D eigenvalue weighted by molar-refractivity contribution is -0.383. The molecule has 1 aromatic heterocycles. The normalized spacial score (nSPS) is 10.1. The second kappa shape index (κ2) is 3.67. The van der Waals surface area contributed by atoms with Crippen LogP contribution in [0.25, 0.3) is 10.1 Å². The van der Waals surface area contributed by atoms with Crippen LogP contribution in [0.1, 0.15) is 5.56 Å². The van der Waals surface area contributed by atoms with Gasteiger partial charge in [-0.1, -0.05) is 12.1 Å². The van der Waals surface area contributed by atoms with Crippen molar-refractivity contribution >= 4 is 27.1 Å². The lowest BCUT2D eigenvalue weighted by atomic mass is 10.1. The molecule has 0 aliphatic rings. The van der Waals surface area contributed by atoms with Gasteiger partial charge in [0.15, 0.2) is 0 Å². The number of fused-ring (bicyclic) bond motifs is 1. The topological polar surface area (TPSA) is 66.9 Å². The Morgan fingerprint density at radius 2 is 2.27 bits per heavy atom. The highest BCUT2D eigenvalue weighted by atomic mass is 32.1. The molecule has 5 heteroatoms. The van der Waals surface area contributed by atoms with E-state index in [0.29, 0.717) is 10.3 Å². The van der Waals surface area contributed by atoms with Crippen molar-refractivity contribution in [1.82, 2.24) is 0 Å². The molecule has 1 heterocycles. The zero-order chi connectivity index (χ0) is 10.8. The maximum Gasteiger partial charge on any atom is 0.291 e. The van der Waals surface area contributed by atoms with Crippen LogP contribution in [0.15, 0.2) is 23.6 Å².